The molecule has 0 saturated carbocycles. The van der Waals surface area contributed by atoms with Gasteiger partial charge in [0.05, 0.1) is 5.69 Å². The van der Waals surface area contributed by atoms with Crippen LogP contribution in [0.25, 0.3) is 5.69 Å². The van der Waals surface area contributed by atoms with Crippen molar-refractivity contribution in [3.05, 3.63) is 70.7 Å². The van der Waals surface area contributed by atoms with Crippen molar-refractivity contribution >= 4 is 11.8 Å². The molecule has 0 unspecified atom stereocenters. The van der Waals surface area contributed by atoms with Crippen LogP contribution in [-0.2, 0) is 5.75 Å². The molecular formula is C14H11FN4OS. The molecule has 0 aliphatic heterocycles. The molecule has 2 aromatic heterocycles. The van der Waals surface area contributed by atoms with Gasteiger partial charge in [0.2, 0.25) is 0 Å². The molecule has 7 heteroatoms. The molecule has 3 aromatic rings. The fourth-order valence-corrected chi connectivity index (χ4v) is 2.51. The second kappa shape index (κ2) is 5.92. The Morgan fingerprint density at radius 3 is 2.62 bits per heavy atom. The maximum Gasteiger partial charge on any atom is 0.271 e. The van der Waals surface area contributed by atoms with Crippen LogP contribution in [-0.4, -0.2) is 19.7 Å². The van der Waals surface area contributed by atoms with Crippen molar-refractivity contribution in [1.29, 1.82) is 0 Å². The summed E-state index contributed by atoms with van der Waals surface area (Å²) in [5, 5.41) is 3.64. The monoisotopic (exact) mass is 302 g/mol. The normalized spacial score (nSPS) is 10.7. The van der Waals surface area contributed by atoms with E-state index in [9.17, 15) is 9.18 Å². The largest absolute Gasteiger partial charge is 0.294 e. The lowest BCUT2D eigenvalue weighted by atomic mass is 10.3. The topological polar surface area (TPSA) is 63.6 Å². The zero-order valence-corrected chi connectivity index (χ0v) is 11.7. The van der Waals surface area contributed by atoms with E-state index >= 15 is 0 Å². The van der Waals surface area contributed by atoms with Crippen LogP contribution in [0, 0.1) is 5.82 Å². The summed E-state index contributed by atoms with van der Waals surface area (Å²) >= 11 is 1.43. The molecule has 0 bridgehead atoms. The van der Waals surface area contributed by atoms with Gasteiger partial charge in [-0.25, -0.2) is 19.0 Å². The lowest BCUT2D eigenvalue weighted by Crippen LogP contribution is -2.13. The number of hydrogen-bond donors (Lipinski definition) is 1. The third kappa shape index (κ3) is 3.19. The number of rotatable bonds is 4. The summed E-state index contributed by atoms with van der Waals surface area (Å²) < 4.78 is 14.3. The van der Waals surface area contributed by atoms with Crippen molar-refractivity contribution in [1.82, 2.24) is 19.7 Å². The fourth-order valence-electron chi connectivity index (χ4n) is 1.80. The molecule has 0 amide bonds. The van der Waals surface area contributed by atoms with Crippen LogP contribution in [0.3, 0.4) is 0 Å². The van der Waals surface area contributed by atoms with Crippen LogP contribution in [0.2, 0.25) is 0 Å². The molecule has 0 aliphatic carbocycles. The maximum absolute atomic E-state index is 12.9. The van der Waals surface area contributed by atoms with E-state index in [0.717, 1.165) is 5.69 Å². The van der Waals surface area contributed by atoms with Gasteiger partial charge in [-0.1, -0.05) is 11.8 Å². The van der Waals surface area contributed by atoms with Crippen molar-refractivity contribution in [2.24, 2.45) is 0 Å². The second-order valence-electron chi connectivity index (χ2n) is 4.25. The fraction of sp³-hybridized carbons (Fsp3) is 0.0714. The van der Waals surface area contributed by atoms with E-state index in [2.05, 4.69) is 15.1 Å². The molecular weight excluding hydrogens is 291 g/mol. The predicted molar refractivity (Wildman–Crippen MR) is 77.9 cm³/mol. The number of benzene rings is 1. The van der Waals surface area contributed by atoms with Gasteiger partial charge in [-0.2, -0.15) is 0 Å². The number of aromatic nitrogens is 4. The quantitative estimate of drug-likeness (QED) is 0.594. The number of hydrogen-bond acceptors (Lipinski definition) is 4. The van der Waals surface area contributed by atoms with E-state index in [0.29, 0.717) is 16.6 Å². The third-order valence-corrected chi connectivity index (χ3v) is 3.68. The molecule has 1 aromatic carbocycles. The minimum atomic E-state index is -0.338. The van der Waals surface area contributed by atoms with Crippen molar-refractivity contribution in [2.75, 3.05) is 0 Å². The number of aromatic amines is 1. The first kappa shape index (κ1) is 13.6. The molecule has 0 radical (unpaired) electrons. The Morgan fingerprint density at radius 2 is 1.90 bits per heavy atom. The minimum absolute atomic E-state index is 0.189. The van der Waals surface area contributed by atoms with Crippen LogP contribution >= 0.6 is 11.8 Å². The van der Waals surface area contributed by atoms with Crippen LogP contribution < -0.4 is 5.56 Å². The van der Waals surface area contributed by atoms with Crippen molar-refractivity contribution in [3.63, 3.8) is 0 Å². The van der Waals surface area contributed by atoms with Crippen LogP contribution in [0.15, 0.2) is 58.7 Å². The Hall–Kier alpha value is -2.41. The molecule has 0 fully saturated rings. The van der Waals surface area contributed by atoms with E-state index in [1.807, 2.05) is 0 Å². The zero-order chi connectivity index (χ0) is 14.7. The maximum atomic E-state index is 12.9. The highest BCUT2D eigenvalue weighted by Gasteiger charge is 2.06. The van der Waals surface area contributed by atoms with Crippen LogP contribution in [0.4, 0.5) is 4.39 Å². The average Bonchev–Trinajstić information content (AvgIpc) is 2.88. The first-order valence-corrected chi connectivity index (χ1v) is 7.17. The van der Waals surface area contributed by atoms with Gasteiger partial charge < -0.3 is 0 Å². The number of nitrogens with zero attached hydrogens (tertiary/aromatic N) is 3. The van der Waals surface area contributed by atoms with Crippen LogP contribution in [0.1, 0.15) is 5.69 Å². The zero-order valence-electron chi connectivity index (χ0n) is 10.9. The first-order valence-electron chi connectivity index (χ1n) is 6.19. The van der Waals surface area contributed by atoms with E-state index in [1.54, 1.807) is 30.6 Å². The van der Waals surface area contributed by atoms with Gasteiger partial charge in [-0.15, -0.1) is 0 Å². The summed E-state index contributed by atoms with van der Waals surface area (Å²) in [6.45, 7) is 0. The summed E-state index contributed by atoms with van der Waals surface area (Å²) in [6, 6.07) is 8.98. The van der Waals surface area contributed by atoms with Gasteiger partial charge in [-0.3, -0.25) is 9.89 Å². The minimum Gasteiger partial charge on any atom is -0.294 e. The van der Waals surface area contributed by atoms with Gasteiger partial charge >= 0.3 is 0 Å². The van der Waals surface area contributed by atoms with Gasteiger partial charge in [0.25, 0.3) is 5.56 Å². The summed E-state index contributed by atoms with van der Waals surface area (Å²) in [7, 11) is 0. The standard InChI is InChI=1S/C14H11FN4OS/c15-10-2-4-12(5-3-10)19-13(20)8-11(18-19)9-21-14-16-6-1-7-17-14/h1-8,18H,9H2. The lowest BCUT2D eigenvalue weighted by molar-refractivity contribution is 0.627. The second-order valence-corrected chi connectivity index (χ2v) is 5.19. The van der Waals surface area contributed by atoms with Gasteiger partial charge in [0, 0.05) is 29.9 Å². The third-order valence-electron chi connectivity index (χ3n) is 2.76. The Labute approximate surface area is 123 Å². The van der Waals surface area contributed by atoms with Gasteiger partial charge in [0.1, 0.15) is 5.82 Å². The van der Waals surface area contributed by atoms with Gasteiger partial charge in [-0.05, 0) is 30.3 Å². The summed E-state index contributed by atoms with van der Waals surface area (Å²) in [4.78, 5) is 20.1. The number of H-pyrrole nitrogens is 1. The van der Waals surface area contributed by atoms with Crippen LogP contribution in [0.5, 0.6) is 0 Å². The van der Waals surface area contributed by atoms with E-state index < -0.39 is 0 Å². The molecule has 5 nitrogen and oxygen atoms in total. The van der Waals surface area contributed by atoms with E-state index in [1.165, 1.54) is 34.6 Å². The lowest BCUT2D eigenvalue weighted by Gasteiger charge is -2.01. The Kier molecular flexibility index (Phi) is 3.83. The molecule has 0 saturated heterocycles. The van der Waals surface area contributed by atoms with Gasteiger partial charge in [0.15, 0.2) is 5.16 Å². The first-order chi connectivity index (χ1) is 10.2. The highest BCUT2D eigenvalue weighted by molar-refractivity contribution is 7.98. The number of thioether (sulfide) groups is 1. The summed E-state index contributed by atoms with van der Waals surface area (Å²) in [5.41, 5.74) is 1.15. The highest BCUT2D eigenvalue weighted by Crippen LogP contribution is 2.16. The van der Waals surface area contributed by atoms with Crippen molar-refractivity contribution in [2.45, 2.75) is 10.9 Å². The molecule has 1 N–H and O–H groups in total. The molecule has 21 heavy (non-hydrogen) atoms. The molecule has 0 aliphatic rings. The molecule has 3 rings (SSSR count). The summed E-state index contributed by atoms with van der Waals surface area (Å²) in [5.74, 6) is 0.211. The number of halogens is 1. The van der Waals surface area contributed by atoms with Crippen molar-refractivity contribution < 1.29 is 4.39 Å². The average molecular weight is 302 g/mol. The SMILES string of the molecule is O=c1cc(CSc2ncccn2)[nH]n1-c1ccc(F)cc1. The smallest absolute Gasteiger partial charge is 0.271 e. The van der Waals surface area contributed by atoms with E-state index in [4.69, 9.17) is 0 Å². The Bertz CT molecular complexity index is 783. The molecule has 2 heterocycles. The Balaban J connectivity index is 1.78. The highest BCUT2D eigenvalue weighted by atomic mass is 32.2. The Morgan fingerprint density at radius 1 is 1.19 bits per heavy atom. The van der Waals surface area contributed by atoms with Crippen molar-refractivity contribution in [3.8, 4) is 5.69 Å². The molecule has 0 atom stereocenters. The molecule has 0 spiro atoms. The predicted octanol–water partition coefficient (Wildman–Crippen LogP) is 2.39. The summed E-state index contributed by atoms with van der Waals surface area (Å²) in [6.07, 6.45) is 3.34. The number of nitrogens with one attached hydrogen (secondary N) is 1. The molecule has 106 valence electrons. The van der Waals surface area contributed by atoms with E-state index in [-0.39, 0.29) is 11.4 Å².